The van der Waals surface area contributed by atoms with Gasteiger partial charge in [-0.3, -0.25) is 10.1 Å². The largest absolute Gasteiger partial charge is 0.393 e. The smallest absolute Gasteiger partial charge is 0.319 e. The first-order valence-corrected chi connectivity index (χ1v) is 6.42. The molecule has 1 rings (SSSR count). The number of nitrogens with one attached hydrogen (secondary N) is 2. The SMILES string of the molecule is CC[C@@H](O)CCNC(=O)Nc1ccc([N+](=O)[O-])cc1C. The second-order valence-corrected chi connectivity index (χ2v) is 4.49. The number of aliphatic hydroxyl groups is 1. The van der Waals surface area contributed by atoms with Gasteiger partial charge in [0.05, 0.1) is 11.0 Å². The van der Waals surface area contributed by atoms with Crippen LogP contribution in [0.4, 0.5) is 16.2 Å². The maximum absolute atomic E-state index is 11.6. The van der Waals surface area contributed by atoms with E-state index in [-0.39, 0.29) is 5.69 Å². The van der Waals surface area contributed by atoms with Crippen molar-refractivity contribution in [3.63, 3.8) is 0 Å². The van der Waals surface area contributed by atoms with Crippen molar-refractivity contribution in [1.29, 1.82) is 0 Å². The first-order valence-electron chi connectivity index (χ1n) is 6.42. The molecule has 1 aromatic rings. The number of nitrogens with zero attached hydrogens (tertiary/aromatic N) is 1. The van der Waals surface area contributed by atoms with Crippen molar-refractivity contribution in [2.24, 2.45) is 0 Å². The summed E-state index contributed by atoms with van der Waals surface area (Å²) in [6, 6.07) is 3.83. The number of anilines is 1. The number of aliphatic hydroxyl groups excluding tert-OH is 1. The molecular weight excluding hydrogens is 262 g/mol. The van der Waals surface area contributed by atoms with Crippen LogP contribution in [0.5, 0.6) is 0 Å². The topological polar surface area (TPSA) is 104 Å². The highest BCUT2D eigenvalue weighted by Crippen LogP contribution is 2.20. The first-order chi connectivity index (χ1) is 9.43. The van der Waals surface area contributed by atoms with E-state index in [1.165, 1.54) is 18.2 Å². The van der Waals surface area contributed by atoms with Crippen molar-refractivity contribution in [3.05, 3.63) is 33.9 Å². The van der Waals surface area contributed by atoms with E-state index in [0.29, 0.717) is 30.6 Å². The number of carbonyl (C=O) groups excluding carboxylic acids is 1. The fourth-order valence-corrected chi connectivity index (χ4v) is 1.62. The molecule has 2 amide bonds. The standard InChI is InChI=1S/C13H19N3O4/c1-3-11(17)6-7-14-13(18)15-12-5-4-10(16(19)20)8-9(12)2/h4-5,8,11,17H,3,6-7H2,1-2H3,(H2,14,15,18)/t11-/m1/s1. The molecule has 0 saturated carbocycles. The van der Waals surface area contributed by atoms with E-state index in [1.54, 1.807) is 6.92 Å². The van der Waals surface area contributed by atoms with E-state index in [1.807, 2.05) is 6.92 Å². The number of urea groups is 1. The Morgan fingerprint density at radius 3 is 2.75 bits per heavy atom. The number of nitro benzene ring substituents is 1. The maximum Gasteiger partial charge on any atom is 0.319 e. The summed E-state index contributed by atoms with van der Waals surface area (Å²) in [7, 11) is 0. The van der Waals surface area contributed by atoms with Gasteiger partial charge in [0.1, 0.15) is 0 Å². The minimum atomic E-state index is -0.483. The molecule has 3 N–H and O–H groups in total. The lowest BCUT2D eigenvalue weighted by atomic mass is 10.2. The highest BCUT2D eigenvalue weighted by molar-refractivity contribution is 5.90. The van der Waals surface area contributed by atoms with Gasteiger partial charge in [0.2, 0.25) is 0 Å². The third kappa shape index (κ3) is 4.85. The Kier molecular flexibility index (Phi) is 5.92. The number of non-ortho nitro benzene ring substituents is 1. The molecule has 0 aromatic heterocycles. The van der Waals surface area contributed by atoms with Gasteiger partial charge in [-0.15, -0.1) is 0 Å². The van der Waals surface area contributed by atoms with Gasteiger partial charge in [0, 0.05) is 24.4 Å². The average Bonchev–Trinajstić information content (AvgIpc) is 2.40. The molecule has 0 unspecified atom stereocenters. The predicted octanol–water partition coefficient (Wildman–Crippen LogP) is 2.19. The summed E-state index contributed by atoms with van der Waals surface area (Å²) in [5.41, 5.74) is 1.12. The maximum atomic E-state index is 11.6. The minimum absolute atomic E-state index is 0.0143. The van der Waals surface area contributed by atoms with Crippen LogP contribution in [0.3, 0.4) is 0 Å². The van der Waals surface area contributed by atoms with E-state index in [9.17, 15) is 20.0 Å². The second-order valence-electron chi connectivity index (χ2n) is 4.49. The van der Waals surface area contributed by atoms with Gasteiger partial charge in [-0.05, 0) is 31.4 Å². The fourth-order valence-electron chi connectivity index (χ4n) is 1.62. The first kappa shape index (κ1) is 15.9. The van der Waals surface area contributed by atoms with Crippen LogP contribution in [-0.2, 0) is 0 Å². The molecule has 0 aliphatic rings. The number of rotatable bonds is 6. The molecule has 0 aliphatic heterocycles. The molecule has 0 heterocycles. The number of nitro groups is 1. The number of hydrogen-bond donors (Lipinski definition) is 3. The molecule has 0 aliphatic carbocycles. The highest BCUT2D eigenvalue weighted by Gasteiger charge is 2.10. The predicted molar refractivity (Wildman–Crippen MR) is 75.8 cm³/mol. The van der Waals surface area contributed by atoms with Crippen LogP contribution in [0.25, 0.3) is 0 Å². The van der Waals surface area contributed by atoms with E-state index < -0.39 is 17.1 Å². The highest BCUT2D eigenvalue weighted by atomic mass is 16.6. The van der Waals surface area contributed by atoms with Crippen LogP contribution in [-0.4, -0.2) is 28.7 Å². The van der Waals surface area contributed by atoms with E-state index in [2.05, 4.69) is 10.6 Å². The van der Waals surface area contributed by atoms with Gasteiger partial charge in [-0.25, -0.2) is 4.79 Å². The number of aryl methyl sites for hydroxylation is 1. The Morgan fingerprint density at radius 2 is 2.20 bits per heavy atom. The molecule has 0 saturated heterocycles. The summed E-state index contributed by atoms with van der Waals surface area (Å²) < 4.78 is 0. The molecule has 0 fully saturated rings. The van der Waals surface area contributed by atoms with Crippen LogP contribution < -0.4 is 10.6 Å². The summed E-state index contributed by atoms with van der Waals surface area (Å²) >= 11 is 0. The zero-order valence-corrected chi connectivity index (χ0v) is 11.5. The Labute approximate surface area is 117 Å². The Morgan fingerprint density at radius 1 is 1.50 bits per heavy atom. The van der Waals surface area contributed by atoms with Crippen LogP contribution in [0.15, 0.2) is 18.2 Å². The summed E-state index contributed by atoms with van der Waals surface area (Å²) in [6.45, 7) is 3.92. The second kappa shape index (κ2) is 7.44. The zero-order chi connectivity index (χ0) is 15.1. The molecule has 7 heteroatoms. The fraction of sp³-hybridized carbons (Fsp3) is 0.462. The minimum Gasteiger partial charge on any atom is -0.393 e. The van der Waals surface area contributed by atoms with Crippen LogP contribution in [0.1, 0.15) is 25.3 Å². The van der Waals surface area contributed by atoms with Crippen molar-refractivity contribution in [3.8, 4) is 0 Å². The van der Waals surface area contributed by atoms with Crippen molar-refractivity contribution < 1.29 is 14.8 Å². The van der Waals surface area contributed by atoms with Gasteiger partial charge < -0.3 is 15.7 Å². The van der Waals surface area contributed by atoms with Crippen molar-refractivity contribution >= 4 is 17.4 Å². The quantitative estimate of drug-likeness (QED) is 0.549. The van der Waals surface area contributed by atoms with Crippen molar-refractivity contribution in [1.82, 2.24) is 5.32 Å². The van der Waals surface area contributed by atoms with Crippen molar-refractivity contribution in [2.45, 2.75) is 32.8 Å². The molecule has 20 heavy (non-hydrogen) atoms. The van der Waals surface area contributed by atoms with E-state index in [0.717, 1.165) is 0 Å². The molecule has 1 atom stereocenters. The van der Waals surface area contributed by atoms with Crippen LogP contribution >= 0.6 is 0 Å². The van der Waals surface area contributed by atoms with Gasteiger partial charge in [0.25, 0.3) is 5.69 Å². The van der Waals surface area contributed by atoms with Gasteiger partial charge >= 0.3 is 6.03 Å². The van der Waals surface area contributed by atoms with Crippen LogP contribution in [0, 0.1) is 17.0 Å². The lowest BCUT2D eigenvalue weighted by Crippen LogP contribution is -2.31. The molecule has 0 bridgehead atoms. The average molecular weight is 281 g/mol. The van der Waals surface area contributed by atoms with Crippen LogP contribution in [0.2, 0.25) is 0 Å². The summed E-state index contributed by atoms with van der Waals surface area (Å²) in [6.07, 6.45) is 0.713. The molecule has 0 radical (unpaired) electrons. The molecular formula is C13H19N3O4. The number of amides is 2. The lowest BCUT2D eigenvalue weighted by molar-refractivity contribution is -0.384. The summed E-state index contributed by atoms with van der Waals surface area (Å²) in [5.74, 6) is 0. The number of carbonyl (C=O) groups is 1. The Bertz CT molecular complexity index is 491. The normalized spacial score (nSPS) is 11.8. The van der Waals surface area contributed by atoms with E-state index in [4.69, 9.17) is 0 Å². The molecule has 110 valence electrons. The summed E-state index contributed by atoms with van der Waals surface area (Å²) in [5, 5.41) is 25.2. The third-order valence-electron chi connectivity index (χ3n) is 2.90. The lowest BCUT2D eigenvalue weighted by Gasteiger charge is -2.11. The third-order valence-corrected chi connectivity index (χ3v) is 2.90. The van der Waals surface area contributed by atoms with Gasteiger partial charge in [-0.2, -0.15) is 0 Å². The number of hydrogen-bond acceptors (Lipinski definition) is 4. The molecule has 0 spiro atoms. The van der Waals surface area contributed by atoms with Gasteiger partial charge in [0.15, 0.2) is 0 Å². The van der Waals surface area contributed by atoms with E-state index >= 15 is 0 Å². The van der Waals surface area contributed by atoms with Gasteiger partial charge in [-0.1, -0.05) is 6.92 Å². The zero-order valence-electron chi connectivity index (χ0n) is 11.5. The Hall–Kier alpha value is -2.15. The monoisotopic (exact) mass is 281 g/mol. The summed E-state index contributed by atoms with van der Waals surface area (Å²) in [4.78, 5) is 21.7. The number of benzene rings is 1. The molecule has 7 nitrogen and oxygen atoms in total. The molecule has 1 aromatic carbocycles. The van der Waals surface area contributed by atoms with Crippen molar-refractivity contribution in [2.75, 3.05) is 11.9 Å². The Balaban J connectivity index is 2.52.